The smallest absolute Gasteiger partial charge is 0.323 e. The quantitative estimate of drug-likeness (QED) is 0.294. The number of allylic oxidation sites excluding steroid dienone is 3. The molecule has 0 N–H and O–H groups in total. The summed E-state index contributed by atoms with van der Waals surface area (Å²) < 4.78 is 9.61. The van der Waals surface area contributed by atoms with E-state index in [9.17, 15) is 9.59 Å². The Morgan fingerprint density at radius 1 is 1.16 bits per heavy atom. The predicted molar refractivity (Wildman–Crippen MR) is 74.6 cm³/mol. The Bertz CT molecular complexity index is 335. The van der Waals surface area contributed by atoms with E-state index in [0.29, 0.717) is 19.3 Å². The van der Waals surface area contributed by atoms with Gasteiger partial charge >= 0.3 is 11.9 Å². The zero-order valence-corrected chi connectivity index (χ0v) is 12.3. The second-order valence-corrected chi connectivity index (χ2v) is 4.73. The van der Waals surface area contributed by atoms with E-state index in [1.807, 2.05) is 19.9 Å². The van der Waals surface area contributed by atoms with Crippen molar-refractivity contribution in [1.82, 2.24) is 0 Å². The predicted octanol–water partition coefficient (Wildman–Crippen LogP) is 3.03. The summed E-state index contributed by atoms with van der Waals surface area (Å²) in [6, 6.07) is 0. The summed E-state index contributed by atoms with van der Waals surface area (Å²) in [5, 5.41) is 0. The summed E-state index contributed by atoms with van der Waals surface area (Å²) in [6.45, 7) is 7.48. The number of ether oxygens (including phenoxy) is 2. The van der Waals surface area contributed by atoms with Gasteiger partial charge in [0.25, 0.3) is 0 Å². The summed E-state index contributed by atoms with van der Waals surface area (Å²) in [4.78, 5) is 24.1. The van der Waals surface area contributed by atoms with Gasteiger partial charge in [-0.05, 0) is 39.5 Å². The molecule has 0 aliphatic rings. The third kappa shape index (κ3) is 4.89. The lowest BCUT2D eigenvalue weighted by Crippen LogP contribution is -2.41. The molecule has 0 radical (unpaired) electrons. The van der Waals surface area contributed by atoms with Crippen LogP contribution in [0.1, 0.15) is 39.5 Å². The zero-order chi connectivity index (χ0) is 14.9. The van der Waals surface area contributed by atoms with Crippen LogP contribution in [0, 0.1) is 5.41 Å². The molecule has 0 aromatic heterocycles. The summed E-state index contributed by atoms with van der Waals surface area (Å²) >= 11 is 0. The number of carbonyl (C=O) groups excluding carboxylic acids is 2. The van der Waals surface area contributed by atoms with Crippen LogP contribution >= 0.6 is 0 Å². The molecule has 0 aromatic carbocycles. The molecule has 19 heavy (non-hydrogen) atoms. The molecule has 4 nitrogen and oxygen atoms in total. The van der Waals surface area contributed by atoms with Crippen molar-refractivity contribution in [2.45, 2.75) is 39.5 Å². The van der Waals surface area contributed by atoms with Crippen molar-refractivity contribution in [3.8, 4) is 0 Å². The second-order valence-electron chi connectivity index (χ2n) is 4.73. The van der Waals surface area contributed by atoms with E-state index in [2.05, 4.69) is 6.58 Å². The molecule has 0 bridgehead atoms. The lowest BCUT2D eigenvalue weighted by Gasteiger charge is -2.27. The van der Waals surface area contributed by atoms with E-state index in [4.69, 9.17) is 9.47 Å². The van der Waals surface area contributed by atoms with Gasteiger partial charge in [0.1, 0.15) is 0 Å². The number of methoxy groups -OCH3 is 2. The monoisotopic (exact) mass is 268 g/mol. The summed E-state index contributed by atoms with van der Waals surface area (Å²) in [5.41, 5.74) is -0.204. The maximum Gasteiger partial charge on any atom is 0.323 e. The standard InChI is InChI=1S/C15H24O4/c1-6-7-8-10-15(13(16)18-4,14(17)19-5)11-9-12(2)3/h6,9H,1,7-8,10-11H2,2-5H3. The van der Waals surface area contributed by atoms with Crippen LogP contribution in [-0.2, 0) is 19.1 Å². The van der Waals surface area contributed by atoms with Crippen molar-refractivity contribution in [1.29, 1.82) is 0 Å². The number of esters is 2. The molecule has 0 aliphatic carbocycles. The Kier molecular flexibility index (Phi) is 7.80. The van der Waals surface area contributed by atoms with Crippen LogP contribution in [-0.4, -0.2) is 26.2 Å². The fourth-order valence-corrected chi connectivity index (χ4v) is 1.87. The Hall–Kier alpha value is -1.58. The Morgan fingerprint density at radius 2 is 1.68 bits per heavy atom. The van der Waals surface area contributed by atoms with E-state index in [-0.39, 0.29) is 0 Å². The van der Waals surface area contributed by atoms with Crippen molar-refractivity contribution in [3.63, 3.8) is 0 Å². The average molecular weight is 268 g/mol. The van der Waals surface area contributed by atoms with Crippen LogP contribution in [0.5, 0.6) is 0 Å². The molecular formula is C15H24O4. The zero-order valence-electron chi connectivity index (χ0n) is 12.3. The van der Waals surface area contributed by atoms with E-state index in [1.165, 1.54) is 14.2 Å². The molecule has 0 unspecified atom stereocenters. The van der Waals surface area contributed by atoms with Gasteiger partial charge in [-0.25, -0.2) is 0 Å². The van der Waals surface area contributed by atoms with Crippen molar-refractivity contribution in [2.75, 3.05) is 14.2 Å². The van der Waals surface area contributed by atoms with Crippen molar-refractivity contribution in [2.24, 2.45) is 5.41 Å². The third-order valence-electron chi connectivity index (χ3n) is 3.02. The summed E-state index contributed by atoms with van der Waals surface area (Å²) in [6.07, 6.45) is 5.74. The first-order valence-electron chi connectivity index (χ1n) is 6.35. The van der Waals surface area contributed by atoms with Gasteiger partial charge in [-0.2, -0.15) is 0 Å². The number of carbonyl (C=O) groups is 2. The van der Waals surface area contributed by atoms with Gasteiger partial charge in [0.05, 0.1) is 14.2 Å². The molecule has 0 rings (SSSR count). The highest BCUT2D eigenvalue weighted by molar-refractivity contribution is 6.00. The first kappa shape index (κ1) is 17.4. The van der Waals surface area contributed by atoms with E-state index in [1.54, 1.807) is 6.08 Å². The van der Waals surface area contributed by atoms with Gasteiger partial charge in [-0.15, -0.1) is 6.58 Å². The molecule has 0 amide bonds. The summed E-state index contributed by atoms with van der Waals surface area (Å²) in [7, 11) is 2.58. The Morgan fingerprint density at radius 3 is 2.05 bits per heavy atom. The number of hydrogen-bond donors (Lipinski definition) is 0. The molecule has 0 saturated carbocycles. The minimum Gasteiger partial charge on any atom is -0.468 e. The largest absolute Gasteiger partial charge is 0.468 e. The van der Waals surface area contributed by atoms with Gasteiger partial charge < -0.3 is 9.47 Å². The Labute approximate surface area is 115 Å². The average Bonchev–Trinajstić information content (AvgIpc) is 2.40. The van der Waals surface area contributed by atoms with Crippen molar-refractivity contribution in [3.05, 3.63) is 24.3 Å². The van der Waals surface area contributed by atoms with Crippen LogP contribution in [0.2, 0.25) is 0 Å². The van der Waals surface area contributed by atoms with Crippen molar-refractivity contribution < 1.29 is 19.1 Å². The lowest BCUT2D eigenvalue weighted by atomic mass is 9.79. The first-order chi connectivity index (χ1) is 8.94. The van der Waals surface area contributed by atoms with E-state index in [0.717, 1.165) is 12.0 Å². The maximum atomic E-state index is 12.1. The van der Waals surface area contributed by atoms with Crippen molar-refractivity contribution >= 4 is 11.9 Å². The second kappa shape index (κ2) is 8.51. The van der Waals surface area contributed by atoms with Gasteiger partial charge in [-0.3, -0.25) is 9.59 Å². The SMILES string of the molecule is C=CCCCC(CC=C(C)C)(C(=O)OC)C(=O)OC. The van der Waals surface area contributed by atoms with Gasteiger partial charge in [-0.1, -0.05) is 17.7 Å². The van der Waals surface area contributed by atoms with Gasteiger partial charge in [0.15, 0.2) is 5.41 Å². The van der Waals surface area contributed by atoms with Gasteiger partial charge in [0, 0.05) is 0 Å². The minimum absolute atomic E-state index is 0.297. The molecule has 4 heteroatoms. The molecular weight excluding hydrogens is 244 g/mol. The maximum absolute atomic E-state index is 12.1. The number of rotatable bonds is 8. The number of unbranched alkanes of at least 4 members (excludes halogenated alkanes) is 1. The highest BCUT2D eigenvalue weighted by Crippen LogP contribution is 2.33. The molecule has 0 fully saturated rings. The normalized spacial score (nSPS) is 10.5. The topological polar surface area (TPSA) is 52.6 Å². The van der Waals surface area contributed by atoms with E-state index < -0.39 is 17.4 Å². The molecule has 0 saturated heterocycles. The molecule has 0 aliphatic heterocycles. The fourth-order valence-electron chi connectivity index (χ4n) is 1.87. The van der Waals surface area contributed by atoms with Crippen LogP contribution in [0.4, 0.5) is 0 Å². The fraction of sp³-hybridized carbons (Fsp3) is 0.600. The molecule has 0 heterocycles. The van der Waals surface area contributed by atoms with Gasteiger partial charge in [0.2, 0.25) is 0 Å². The lowest BCUT2D eigenvalue weighted by molar-refractivity contribution is -0.169. The van der Waals surface area contributed by atoms with Crippen LogP contribution in [0.3, 0.4) is 0 Å². The minimum atomic E-state index is -1.25. The Balaban J connectivity index is 5.31. The van der Waals surface area contributed by atoms with Crippen LogP contribution < -0.4 is 0 Å². The number of hydrogen-bond acceptors (Lipinski definition) is 4. The molecule has 0 spiro atoms. The highest BCUT2D eigenvalue weighted by Gasteiger charge is 2.46. The molecule has 0 atom stereocenters. The highest BCUT2D eigenvalue weighted by atomic mass is 16.5. The van der Waals surface area contributed by atoms with Crippen LogP contribution in [0.25, 0.3) is 0 Å². The van der Waals surface area contributed by atoms with E-state index >= 15 is 0 Å². The third-order valence-corrected chi connectivity index (χ3v) is 3.02. The molecule has 0 aromatic rings. The van der Waals surface area contributed by atoms with Crippen LogP contribution in [0.15, 0.2) is 24.3 Å². The molecule has 108 valence electrons. The summed E-state index contributed by atoms with van der Waals surface area (Å²) in [5.74, 6) is -1.08. The first-order valence-corrected chi connectivity index (χ1v) is 6.35.